The van der Waals surface area contributed by atoms with E-state index in [9.17, 15) is 0 Å². The van der Waals surface area contributed by atoms with Crippen molar-refractivity contribution in [2.45, 2.75) is 38.0 Å². The van der Waals surface area contributed by atoms with Crippen LogP contribution in [-0.2, 0) is 4.74 Å². The predicted octanol–water partition coefficient (Wildman–Crippen LogP) is 6.05. The highest BCUT2D eigenvalue weighted by Gasteiger charge is 2.21. The maximum absolute atomic E-state index is 6.48. The highest BCUT2D eigenvalue weighted by Crippen LogP contribution is 2.43. The number of anilines is 2. The molecule has 0 spiro atoms. The molecule has 2 aromatic carbocycles. The van der Waals surface area contributed by atoms with Crippen molar-refractivity contribution >= 4 is 23.1 Å². The number of benzene rings is 2. The van der Waals surface area contributed by atoms with E-state index in [1.807, 2.05) is 30.3 Å². The van der Waals surface area contributed by atoms with Gasteiger partial charge in [0.25, 0.3) is 0 Å². The van der Waals surface area contributed by atoms with Crippen LogP contribution >= 0.6 is 11.8 Å². The second kappa shape index (κ2) is 11.4. The van der Waals surface area contributed by atoms with E-state index in [0.717, 1.165) is 57.3 Å². The number of thioether (sulfide) groups is 1. The van der Waals surface area contributed by atoms with Gasteiger partial charge in [0, 0.05) is 31.9 Å². The molecule has 3 rings (SSSR count). The molecule has 29 heavy (non-hydrogen) atoms. The molecule has 5 heteroatoms. The summed E-state index contributed by atoms with van der Waals surface area (Å²) < 4.78 is 12.0. The summed E-state index contributed by atoms with van der Waals surface area (Å²) >= 11 is 1.76. The Kier molecular flexibility index (Phi) is 8.56. The van der Waals surface area contributed by atoms with Crippen LogP contribution in [-0.4, -0.2) is 45.6 Å². The smallest absolute Gasteiger partial charge is 0.164 e. The SMILES string of the molecule is CCCCN(CCC)c1cc(N2CCOCC2)cc(SC)c1Oc1ccccc1. The summed E-state index contributed by atoms with van der Waals surface area (Å²) in [5, 5.41) is 0. The first-order chi connectivity index (χ1) is 14.3. The molecule has 0 radical (unpaired) electrons. The Labute approximate surface area is 180 Å². The second-order valence-electron chi connectivity index (χ2n) is 7.35. The molecular weight excluding hydrogens is 380 g/mol. The Hall–Kier alpha value is -1.85. The Morgan fingerprint density at radius 1 is 1.03 bits per heavy atom. The molecule has 0 atom stereocenters. The molecular formula is C24H34N2O2S. The summed E-state index contributed by atoms with van der Waals surface area (Å²) in [6.07, 6.45) is 5.62. The van der Waals surface area contributed by atoms with Gasteiger partial charge in [-0.1, -0.05) is 38.5 Å². The van der Waals surface area contributed by atoms with E-state index < -0.39 is 0 Å². The minimum Gasteiger partial charge on any atom is -0.454 e. The minimum atomic E-state index is 0.792. The Morgan fingerprint density at radius 3 is 2.45 bits per heavy atom. The van der Waals surface area contributed by atoms with Crippen LogP contribution in [0.15, 0.2) is 47.4 Å². The van der Waals surface area contributed by atoms with Gasteiger partial charge in [-0.2, -0.15) is 0 Å². The van der Waals surface area contributed by atoms with E-state index in [1.165, 1.54) is 29.1 Å². The van der Waals surface area contributed by atoms with Crippen molar-refractivity contribution in [2.75, 3.05) is 55.4 Å². The van der Waals surface area contributed by atoms with Crippen molar-refractivity contribution in [1.29, 1.82) is 0 Å². The quantitative estimate of drug-likeness (QED) is 0.441. The van der Waals surface area contributed by atoms with Gasteiger partial charge in [0.15, 0.2) is 5.75 Å². The van der Waals surface area contributed by atoms with Crippen molar-refractivity contribution in [2.24, 2.45) is 0 Å². The lowest BCUT2D eigenvalue weighted by Gasteiger charge is -2.33. The lowest BCUT2D eigenvalue weighted by molar-refractivity contribution is 0.122. The van der Waals surface area contributed by atoms with Crippen LogP contribution in [0.3, 0.4) is 0 Å². The minimum absolute atomic E-state index is 0.792. The van der Waals surface area contributed by atoms with Gasteiger partial charge in [-0.15, -0.1) is 11.8 Å². The maximum atomic E-state index is 6.48. The van der Waals surface area contributed by atoms with Crippen molar-refractivity contribution < 1.29 is 9.47 Å². The number of morpholine rings is 1. The second-order valence-corrected chi connectivity index (χ2v) is 8.20. The van der Waals surface area contributed by atoms with Gasteiger partial charge in [-0.05, 0) is 43.4 Å². The average molecular weight is 415 g/mol. The molecule has 1 saturated heterocycles. The number of unbranched alkanes of at least 4 members (excludes halogenated alkanes) is 1. The average Bonchev–Trinajstić information content (AvgIpc) is 2.78. The van der Waals surface area contributed by atoms with Crippen molar-refractivity contribution in [1.82, 2.24) is 0 Å². The lowest BCUT2D eigenvalue weighted by Crippen LogP contribution is -2.36. The Morgan fingerprint density at radius 2 is 1.79 bits per heavy atom. The zero-order valence-corrected chi connectivity index (χ0v) is 18.8. The Balaban J connectivity index is 2.04. The monoisotopic (exact) mass is 414 g/mol. The largest absolute Gasteiger partial charge is 0.454 e. The van der Waals surface area contributed by atoms with Gasteiger partial charge >= 0.3 is 0 Å². The van der Waals surface area contributed by atoms with E-state index in [-0.39, 0.29) is 0 Å². The molecule has 1 heterocycles. The van der Waals surface area contributed by atoms with Crippen LogP contribution in [0.4, 0.5) is 11.4 Å². The molecule has 0 aliphatic carbocycles. The van der Waals surface area contributed by atoms with Crippen LogP contribution < -0.4 is 14.5 Å². The number of hydrogen-bond donors (Lipinski definition) is 0. The normalized spacial score (nSPS) is 14.1. The molecule has 158 valence electrons. The number of ether oxygens (including phenoxy) is 2. The van der Waals surface area contributed by atoms with Crippen molar-refractivity contribution in [3.63, 3.8) is 0 Å². The fraction of sp³-hybridized carbons (Fsp3) is 0.500. The van der Waals surface area contributed by atoms with Gasteiger partial charge in [0.1, 0.15) is 5.75 Å². The molecule has 1 fully saturated rings. The van der Waals surface area contributed by atoms with Gasteiger partial charge in [-0.25, -0.2) is 0 Å². The third-order valence-corrected chi connectivity index (χ3v) is 5.94. The highest BCUT2D eigenvalue weighted by molar-refractivity contribution is 7.98. The number of nitrogens with zero attached hydrogens (tertiary/aromatic N) is 2. The zero-order chi connectivity index (χ0) is 20.5. The fourth-order valence-electron chi connectivity index (χ4n) is 3.64. The third-order valence-electron chi connectivity index (χ3n) is 5.20. The van der Waals surface area contributed by atoms with Crippen LogP contribution in [0, 0.1) is 0 Å². The van der Waals surface area contributed by atoms with Gasteiger partial charge in [0.05, 0.1) is 23.8 Å². The number of hydrogen-bond acceptors (Lipinski definition) is 5. The van der Waals surface area contributed by atoms with Crippen LogP contribution in [0.25, 0.3) is 0 Å². The maximum Gasteiger partial charge on any atom is 0.164 e. The van der Waals surface area contributed by atoms with Crippen molar-refractivity contribution in [3.8, 4) is 11.5 Å². The summed E-state index contributed by atoms with van der Waals surface area (Å²) in [5.41, 5.74) is 2.48. The van der Waals surface area contributed by atoms with E-state index in [1.54, 1.807) is 11.8 Å². The fourth-order valence-corrected chi connectivity index (χ4v) is 4.21. The van der Waals surface area contributed by atoms with Crippen LogP contribution in [0.5, 0.6) is 11.5 Å². The molecule has 1 aliphatic rings. The van der Waals surface area contributed by atoms with Crippen molar-refractivity contribution in [3.05, 3.63) is 42.5 Å². The molecule has 4 nitrogen and oxygen atoms in total. The predicted molar refractivity (Wildman–Crippen MR) is 125 cm³/mol. The molecule has 0 amide bonds. The van der Waals surface area contributed by atoms with E-state index in [4.69, 9.17) is 9.47 Å². The van der Waals surface area contributed by atoms with Gasteiger partial charge < -0.3 is 19.3 Å². The summed E-state index contributed by atoms with van der Waals surface area (Å²) in [6, 6.07) is 14.7. The first kappa shape index (κ1) is 21.8. The van der Waals surface area contributed by atoms with Crippen LogP contribution in [0.1, 0.15) is 33.1 Å². The third kappa shape index (κ3) is 5.83. The van der Waals surface area contributed by atoms with E-state index in [2.05, 4.69) is 42.0 Å². The van der Waals surface area contributed by atoms with E-state index in [0.29, 0.717) is 0 Å². The molecule has 1 aliphatic heterocycles. The van der Waals surface area contributed by atoms with E-state index >= 15 is 0 Å². The highest BCUT2D eigenvalue weighted by atomic mass is 32.2. The molecule has 0 unspecified atom stereocenters. The summed E-state index contributed by atoms with van der Waals surface area (Å²) in [6.45, 7) is 10.0. The summed E-state index contributed by atoms with van der Waals surface area (Å²) in [7, 11) is 0. The van der Waals surface area contributed by atoms with Gasteiger partial charge in [-0.3, -0.25) is 0 Å². The number of para-hydroxylation sites is 1. The first-order valence-electron chi connectivity index (χ1n) is 10.8. The molecule has 0 bridgehead atoms. The van der Waals surface area contributed by atoms with Gasteiger partial charge in [0.2, 0.25) is 0 Å². The molecule has 0 saturated carbocycles. The molecule has 0 N–H and O–H groups in total. The lowest BCUT2D eigenvalue weighted by atomic mass is 10.1. The summed E-state index contributed by atoms with van der Waals surface area (Å²) in [5.74, 6) is 1.86. The summed E-state index contributed by atoms with van der Waals surface area (Å²) in [4.78, 5) is 6.12. The number of rotatable bonds is 10. The zero-order valence-electron chi connectivity index (χ0n) is 18.0. The first-order valence-corrected chi connectivity index (χ1v) is 12.0. The molecule has 0 aromatic heterocycles. The Bertz CT molecular complexity index is 748. The standard InChI is InChI=1S/C24H34N2O2S/c1-4-6-13-26(12-5-2)22-18-20(25-14-16-27-17-15-25)19-23(29-3)24(22)28-21-10-8-7-9-11-21/h7-11,18-19H,4-6,12-17H2,1-3H3. The molecule has 2 aromatic rings. The topological polar surface area (TPSA) is 24.9 Å². The van der Waals surface area contributed by atoms with Crippen LogP contribution in [0.2, 0.25) is 0 Å².